The summed E-state index contributed by atoms with van der Waals surface area (Å²) in [7, 11) is 0. The van der Waals surface area contributed by atoms with Crippen molar-refractivity contribution in [3.05, 3.63) is 84.1 Å². The molecule has 3 aromatic rings. The number of nitrogens with one attached hydrogen (secondary N) is 2. The van der Waals surface area contributed by atoms with Crippen molar-refractivity contribution in [1.82, 2.24) is 15.0 Å². The van der Waals surface area contributed by atoms with Crippen molar-refractivity contribution in [2.24, 2.45) is 0 Å². The van der Waals surface area contributed by atoms with E-state index in [-0.39, 0.29) is 10.7 Å². The second-order valence-electron chi connectivity index (χ2n) is 5.06. The van der Waals surface area contributed by atoms with Gasteiger partial charge in [0.2, 0.25) is 0 Å². The molecule has 122 valence electrons. The summed E-state index contributed by atoms with van der Waals surface area (Å²) in [6, 6.07) is 7.04. The Morgan fingerprint density at radius 1 is 1.12 bits per heavy atom. The fourth-order valence-corrected chi connectivity index (χ4v) is 2.43. The molecule has 2 heterocycles. The van der Waals surface area contributed by atoms with Gasteiger partial charge < -0.3 is 14.4 Å². The number of H-pyrrole nitrogens is 2. The number of benzene rings is 1. The first-order chi connectivity index (χ1) is 11.6. The molecule has 2 aromatic heterocycles. The number of hydrogen-bond acceptors (Lipinski definition) is 4. The first-order valence-electron chi connectivity index (χ1n) is 7.31. The molecule has 0 saturated carbocycles. The van der Waals surface area contributed by atoms with Gasteiger partial charge in [0.1, 0.15) is 22.2 Å². The predicted molar refractivity (Wildman–Crippen MR) is 91.4 cm³/mol. The number of aryl methyl sites for hydroxylation is 1. The highest BCUT2D eigenvalue weighted by Gasteiger charge is 2.04. The van der Waals surface area contributed by atoms with E-state index in [1.54, 1.807) is 24.3 Å². The van der Waals surface area contributed by atoms with E-state index >= 15 is 0 Å². The van der Waals surface area contributed by atoms with E-state index in [2.05, 4.69) is 15.0 Å². The molecule has 0 aliphatic rings. The highest BCUT2D eigenvalue weighted by molar-refractivity contribution is 6.32. The Hall–Kier alpha value is -2.86. The molecular weight excluding hydrogens is 330 g/mol. The number of hydrogen-bond donors (Lipinski definition) is 2. The highest BCUT2D eigenvalue weighted by Crippen LogP contribution is 2.14. The number of aromatic nitrogens is 3. The first kappa shape index (κ1) is 16.0. The second kappa shape index (κ2) is 6.72. The van der Waals surface area contributed by atoms with Crippen LogP contribution in [0.15, 0.2) is 44.7 Å². The van der Waals surface area contributed by atoms with Crippen LogP contribution in [-0.4, -0.2) is 15.0 Å². The summed E-state index contributed by atoms with van der Waals surface area (Å²) in [5, 5.41) is 0.726. The van der Waals surface area contributed by atoms with E-state index in [1.807, 2.05) is 6.92 Å². The van der Waals surface area contributed by atoms with Gasteiger partial charge in [-0.15, -0.1) is 0 Å². The smallest absolute Gasteiger partial charge is 0.272 e. The number of halogens is 1. The SMILES string of the molecule is CCc1ocnc1/C=c1\[nH]c(=O)/c(=C/c2ccccc2Cl)[nH]c1=O. The molecule has 0 spiro atoms. The van der Waals surface area contributed by atoms with E-state index in [4.69, 9.17) is 16.0 Å². The molecule has 0 radical (unpaired) electrons. The third-order valence-corrected chi connectivity index (χ3v) is 3.81. The molecule has 7 heteroatoms. The fourth-order valence-electron chi connectivity index (χ4n) is 2.24. The first-order valence-corrected chi connectivity index (χ1v) is 7.69. The Balaban J connectivity index is 2.16. The zero-order valence-electron chi connectivity index (χ0n) is 12.8. The highest BCUT2D eigenvalue weighted by atomic mass is 35.5. The van der Waals surface area contributed by atoms with Crippen LogP contribution in [0, 0.1) is 0 Å². The van der Waals surface area contributed by atoms with Crippen LogP contribution in [-0.2, 0) is 6.42 Å². The summed E-state index contributed by atoms with van der Waals surface area (Å²) in [4.78, 5) is 33.6. The van der Waals surface area contributed by atoms with E-state index in [9.17, 15) is 9.59 Å². The van der Waals surface area contributed by atoms with Gasteiger partial charge in [-0.05, 0) is 23.8 Å². The van der Waals surface area contributed by atoms with Gasteiger partial charge in [-0.2, -0.15) is 0 Å². The van der Waals surface area contributed by atoms with Gasteiger partial charge in [0.05, 0.1) is 0 Å². The topological polar surface area (TPSA) is 91.8 Å². The van der Waals surface area contributed by atoms with Crippen LogP contribution >= 0.6 is 11.6 Å². The van der Waals surface area contributed by atoms with Gasteiger partial charge in [-0.3, -0.25) is 9.59 Å². The van der Waals surface area contributed by atoms with Crippen LogP contribution in [0.2, 0.25) is 5.02 Å². The van der Waals surface area contributed by atoms with Crippen molar-refractivity contribution < 1.29 is 4.42 Å². The van der Waals surface area contributed by atoms with Crippen molar-refractivity contribution in [2.45, 2.75) is 13.3 Å². The maximum atomic E-state index is 12.2. The molecule has 3 rings (SSSR count). The molecule has 0 aliphatic heterocycles. The zero-order chi connectivity index (χ0) is 17.1. The monoisotopic (exact) mass is 343 g/mol. The number of nitrogens with zero attached hydrogens (tertiary/aromatic N) is 1. The van der Waals surface area contributed by atoms with Crippen LogP contribution in [0.25, 0.3) is 12.2 Å². The molecule has 24 heavy (non-hydrogen) atoms. The summed E-state index contributed by atoms with van der Waals surface area (Å²) >= 11 is 6.07. The molecule has 0 amide bonds. The standard InChI is InChI=1S/C17H14ClN3O3/c1-2-15-12(19-9-24-15)8-14-17(23)20-13(16(22)21-14)7-10-5-3-4-6-11(10)18/h3-9H,2H2,1H3,(H,20,23)(H,21,22)/b13-7-,14-8-. The van der Waals surface area contributed by atoms with Gasteiger partial charge >= 0.3 is 0 Å². The number of aromatic amines is 2. The Kier molecular flexibility index (Phi) is 4.48. The molecule has 0 saturated heterocycles. The van der Waals surface area contributed by atoms with Crippen LogP contribution in [0.1, 0.15) is 23.9 Å². The average molecular weight is 344 g/mol. The van der Waals surface area contributed by atoms with Crippen molar-refractivity contribution in [3.8, 4) is 0 Å². The van der Waals surface area contributed by atoms with Crippen LogP contribution in [0.4, 0.5) is 0 Å². The molecule has 2 N–H and O–H groups in total. The average Bonchev–Trinajstić information content (AvgIpc) is 3.01. The Bertz CT molecular complexity index is 1110. The number of rotatable bonds is 3. The Labute approximate surface area is 141 Å². The zero-order valence-corrected chi connectivity index (χ0v) is 13.6. The van der Waals surface area contributed by atoms with Crippen molar-refractivity contribution >= 4 is 23.8 Å². The second-order valence-corrected chi connectivity index (χ2v) is 5.47. The molecule has 0 aliphatic carbocycles. The third kappa shape index (κ3) is 3.23. The van der Waals surface area contributed by atoms with E-state index in [1.165, 1.54) is 18.5 Å². The molecule has 6 nitrogen and oxygen atoms in total. The minimum absolute atomic E-state index is 0.111. The molecule has 0 fully saturated rings. The minimum atomic E-state index is -0.432. The van der Waals surface area contributed by atoms with Crippen molar-refractivity contribution in [3.63, 3.8) is 0 Å². The quantitative estimate of drug-likeness (QED) is 0.740. The summed E-state index contributed by atoms with van der Waals surface area (Å²) in [6.45, 7) is 1.91. The predicted octanol–water partition coefficient (Wildman–Crippen LogP) is 0.925. The van der Waals surface area contributed by atoms with Crippen LogP contribution in [0.3, 0.4) is 0 Å². The molecule has 1 aromatic carbocycles. The van der Waals surface area contributed by atoms with Crippen molar-refractivity contribution in [1.29, 1.82) is 0 Å². The lowest BCUT2D eigenvalue weighted by Crippen LogP contribution is -2.46. The van der Waals surface area contributed by atoms with Gasteiger partial charge in [-0.25, -0.2) is 4.98 Å². The lowest BCUT2D eigenvalue weighted by atomic mass is 10.2. The van der Waals surface area contributed by atoms with Crippen molar-refractivity contribution in [2.75, 3.05) is 0 Å². The van der Waals surface area contributed by atoms with Crippen LogP contribution in [0.5, 0.6) is 0 Å². The number of oxazole rings is 1. The molecule has 0 bridgehead atoms. The Morgan fingerprint density at radius 3 is 2.46 bits per heavy atom. The van der Waals surface area contributed by atoms with E-state index in [0.29, 0.717) is 28.5 Å². The maximum absolute atomic E-state index is 12.2. The summed E-state index contributed by atoms with van der Waals surface area (Å²) in [5.74, 6) is 0.641. The molecule has 0 unspecified atom stereocenters. The molecule has 0 atom stereocenters. The Morgan fingerprint density at radius 2 is 1.79 bits per heavy atom. The van der Waals surface area contributed by atoms with Gasteiger partial charge in [-0.1, -0.05) is 36.7 Å². The van der Waals surface area contributed by atoms with Gasteiger partial charge in [0, 0.05) is 11.4 Å². The normalized spacial score (nSPS) is 12.8. The fraction of sp³-hybridized carbons (Fsp3) is 0.118. The largest absolute Gasteiger partial charge is 0.448 e. The molecular formula is C17H14ClN3O3. The summed E-state index contributed by atoms with van der Waals surface area (Å²) < 4.78 is 5.20. The van der Waals surface area contributed by atoms with Gasteiger partial charge in [0.15, 0.2) is 6.39 Å². The van der Waals surface area contributed by atoms with Gasteiger partial charge in [0.25, 0.3) is 11.1 Å². The van der Waals surface area contributed by atoms with Crippen LogP contribution < -0.4 is 21.8 Å². The van der Waals surface area contributed by atoms with E-state index < -0.39 is 11.1 Å². The third-order valence-electron chi connectivity index (χ3n) is 3.47. The lowest BCUT2D eigenvalue weighted by molar-refractivity contribution is 0.509. The summed E-state index contributed by atoms with van der Waals surface area (Å²) in [6.07, 6.45) is 4.95. The maximum Gasteiger partial charge on any atom is 0.272 e. The lowest BCUT2D eigenvalue weighted by Gasteiger charge is -1.96. The minimum Gasteiger partial charge on any atom is -0.448 e. The summed E-state index contributed by atoms with van der Waals surface area (Å²) in [5.41, 5.74) is 0.295. The van der Waals surface area contributed by atoms with E-state index in [0.717, 1.165) is 0 Å².